The summed E-state index contributed by atoms with van der Waals surface area (Å²) in [5, 5.41) is -0.253. The lowest BCUT2D eigenvalue weighted by molar-refractivity contribution is -0.111. The molecule has 0 bridgehead atoms. The van der Waals surface area contributed by atoms with E-state index in [2.05, 4.69) is 45.9 Å². The highest BCUT2D eigenvalue weighted by Gasteiger charge is 2.36. The molecule has 0 N–H and O–H groups in total. The van der Waals surface area contributed by atoms with E-state index in [9.17, 15) is 4.79 Å². The molecule has 20 heavy (non-hydrogen) atoms. The zero-order valence-corrected chi connectivity index (χ0v) is 14.3. The fourth-order valence-corrected chi connectivity index (χ4v) is 4.00. The summed E-state index contributed by atoms with van der Waals surface area (Å²) in [4.78, 5) is 12.0. The Labute approximate surface area is 131 Å². The van der Waals surface area contributed by atoms with E-state index in [1.807, 2.05) is 0 Å². The second kappa shape index (κ2) is 5.73. The molecule has 2 rings (SSSR count). The normalized spacial score (nSPS) is 19.4. The zero-order chi connectivity index (χ0) is 15.0. The number of fused-ring (bicyclic) bond motifs is 1. The van der Waals surface area contributed by atoms with Crippen LogP contribution >= 0.6 is 23.4 Å². The molecule has 0 unspecified atom stereocenters. The Hall–Kier alpha value is -0.470. The summed E-state index contributed by atoms with van der Waals surface area (Å²) in [6.07, 6.45) is 2.89. The van der Waals surface area contributed by atoms with Crippen molar-refractivity contribution in [1.82, 2.24) is 0 Å². The van der Waals surface area contributed by atoms with Crippen molar-refractivity contribution in [2.24, 2.45) is 0 Å². The van der Waals surface area contributed by atoms with Gasteiger partial charge in [-0.2, -0.15) is 0 Å². The van der Waals surface area contributed by atoms with Gasteiger partial charge < -0.3 is 0 Å². The standard InChI is InChI=1S/C17H23ClOS/c1-16(2)8-9-17(3,4)14-11-12(5-6-13(14)16)20-10-7-15(18)19/h5-6,11H,7-10H2,1-4H3. The first kappa shape index (κ1) is 15.9. The summed E-state index contributed by atoms with van der Waals surface area (Å²) < 4.78 is 0. The number of benzene rings is 1. The van der Waals surface area contributed by atoms with E-state index >= 15 is 0 Å². The molecule has 0 heterocycles. The first-order valence-corrected chi connectivity index (χ1v) is 8.55. The van der Waals surface area contributed by atoms with Gasteiger partial charge in [-0.15, -0.1) is 11.8 Å². The molecule has 0 fully saturated rings. The third-order valence-corrected chi connectivity index (χ3v) is 5.58. The predicted molar refractivity (Wildman–Crippen MR) is 87.9 cm³/mol. The molecular weight excluding hydrogens is 288 g/mol. The Bertz CT molecular complexity index is 520. The average Bonchev–Trinajstić information content (AvgIpc) is 2.35. The van der Waals surface area contributed by atoms with Crippen LogP contribution in [0.2, 0.25) is 0 Å². The molecule has 0 amide bonds. The topological polar surface area (TPSA) is 17.1 Å². The number of hydrogen-bond acceptors (Lipinski definition) is 2. The fraction of sp³-hybridized carbons (Fsp3) is 0.588. The smallest absolute Gasteiger partial charge is 0.222 e. The van der Waals surface area contributed by atoms with Crippen molar-refractivity contribution in [2.45, 2.75) is 62.7 Å². The SMILES string of the molecule is CC1(C)CCC(C)(C)c2cc(SCCC(=O)Cl)ccc21. The van der Waals surface area contributed by atoms with E-state index in [4.69, 9.17) is 11.6 Å². The fourth-order valence-electron chi connectivity index (χ4n) is 2.91. The van der Waals surface area contributed by atoms with Crippen LogP contribution in [0.1, 0.15) is 58.1 Å². The molecule has 1 aliphatic rings. The van der Waals surface area contributed by atoms with Gasteiger partial charge in [0.15, 0.2) is 0 Å². The van der Waals surface area contributed by atoms with Gasteiger partial charge in [-0.25, -0.2) is 0 Å². The third-order valence-electron chi connectivity index (χ3n) is 4.39. The Morgan fingerprint density at radius 2 is 1.75 bits per heavy atom. The molecular formula is C17H23ClOS. The van der Waals surface area contributed by atoms with Crippen LogP contribution in [0.15, 0.2) is 23.1 Å². The summed E-state index contributed by atoms with van der Waals surface area (Å²) in [6, 6.07) is 6.78. The van der Waals surface area contributed by atoms with Crippen LogP contribution in [-0.4, -0.2) is 11.0 Å². The van der Waals surface area contributed by atoms with Crippen molar-refractivity contribution in [1.29, 1.82) is 0 Å². The summed E-state index contributed by atoms with van der Waals surface area (Å²) in [6.45, 7) is 9.33. The number of halogens is 1. The van der Waals surface area contributed by atoms with Crippen molar-refractivity contribution in [3.05, 3.63) is 29.3 Å². The van der Waals surface area contributed by atoms with Gasteiger partial charge in [0.25, 0.3) is 0 Å². The highest BCUT2D eigenvalue weighted by molar-refractivity contribution is 7.99. The van der Waals surface area contributed by atoms with Crippen LogP contribution in [0.25, 0.3) is 0 Å². The van der Waals surface area contributed by atoms with Crippen molar-refractivity contribution >= 4 is 28.6 Å². The average molecular weight is 311 g/mol. The Kier molecular flexibility index (Phi) is 4.56. The number of carbonyl (C=O) groups is 1. The van der Waals surface area contributed by atoms with Crippen molar-refractivity contribution < 1.29 is 4.79 Å². The molecule has 1 aliphatic carbocycles. The first-order valence-electron chi connectivity index (χ1n) is 7.18. The predicted octanol–water partition coefficient (Wildman–Crippen LogP) is 5.28. The van der Waals surface area contributed by atoms with Gasteiger partial charge in [-0.3, -0.25) is 4.79 Å². The molecule has 0 aliphatic heterocycles. The monoisotopic (exact) mass is 310 g/mol. The summed E-state index contributed by atoms with van der Waals surface area (Å²) in [5.74, 6) is 0.755. The van der Waals surface area contributed by atoms with E-state index in [1.54, 1.807) is 11.8 Å². The molecule has 0 spiro atoms. The molecule has 1 aromatic rings. The maximum absolute atomic E-state index is 10.8. The number of carbonyl (C=O) groups excluding carboxylic acids is 1. The van der Waals surface area contributed by atoms with Crippen LogP contribution in [0, 0.1) is 0 Å². The van der Waals surface area contributed by atoms with Crippen molar-refractivity contribution in [3.8, 4) is 0 Å². The lowest BCUT2D eigenvalue weighted by Gasteiger charge is -2.42. The largest absolute Gasteiger partial charge is 0.281 e. The van der Waals surface area contributed by atoms with Gasteiger partial charge >= 0.3 is 0 Å². The van der Waals surface area contributed by atoms with E-state index < -0.39 is 0 Å². The van der Waals surface area contributed by atoms with Gasteiger partial charge in [0.05, 0.1) is 0 Å². The molecule has 0 atom stereocenters. The van der Waals surface area contributed by atoms with E-state index in [0.717, 1.165) is 5.75 Å². The second-order valence-corrected chi connectivity index (χ2v) is 8.52. The van der Waals surface area contributed by atoms with Crippen LogP contribution in [0.4, 0.5) is 0 Å². The second-order valence-electron chi connectivity index (χ2n) is 6.93. The van der Waals surface area contributed by atoms with Crippen LogP contribution in [0.3, 0.4) is 0 Å². The summed E-state index contributed by atoms with van der Waals surface area (Å²) in [7, 11) is 0. The van der Waals surface area contributed by atoms with Crippen molar-refractivity contribution in [2.75, 3.05) is 5.75 Å². The van der Waals surface area contributed by atoms with Crippen LogP contribution in [0.5, 0.6) is 0 Å². The van der Waals surface area contributed by atoms with Gasteiger partial charge in [0.1, 0.15) is 0 Å². The molecule has 0 saturated carbocycles. The lowest BCUT2D eigenvalue weighted by Crippen LogP contribution is -2.33. The minimum atomic E-state index is -0.253. The molecule has 0 aromatic heterocycles. The van der Waals surface area contributed by atoms with Gasteiger partial charge in [0.2, 0.25) is 5.24 Å². The maximum Gasteiger partial charge on any atom is 0.222 e. The minimum absolute atomic E-state index is 0.240. The molecule has 1 nitrogen and oxygen atoms in total. The molecule has 110 valence electrons. The summed E-state index contributed by atoms with van der Waals surface area (Å²) >= 11 is 7.11. The van der Waals surface area contributed by atoms with Gasteiger partial charge in [0, 0.05) is 17.1 Å². The lowest BCUT2D eigenvalue weighted by atomic mass is 9.63. The Morgan fingerprint density at radius 1 is 1.15 bits per heavy atom. The van der Waals surface area contributed by atoms with Gasteiger partial charge in [-0.1, -0.05) is 33.8 Å². The van der Waals surface area contributed by atoms with Crippen LogP contribution < -0.4 is 0 Å². The van der Waals surface area contributed by atoms with E-state index in [0.29, 0.717) is 6.42 Å². The molecule has 1 aromatic carbocycles. The van der Waals surface area contributed by atoms with E-state index in [1.165, 1.54) is 28.9 Å². The quantitative estimate of drug-likeness (QED) is 0.555. The number of rotatable bonds is 4. The molecule has 3 heteroatoms. The molecule has 0 saturated heterocycles. The highest BCUT2D eigenvalue weighted by Crippen LogP contribution is 2.46. The Balaban J connectivity index is 2.26. The highest BCUT2D eigenvalue weighted by atomic mass is 35.5. The third kappa shape index (κ3) is 3.40. The van der Waals surface area contributed by atoms with Crippen molar-refractivity contribution in [3.63, 3.8) is 0 Å². The first-order chi connectivity index (χ1) is 9.22. The molecule has 0 radical (unpaired) electrons. The number of thioether (sulfide) groups is 1. The van der Waals surface area contributed by atoms with E-state index in [-0.39, 0.29) is 16.1 Å². The Morgan fingerprint density at radius 3 is 2.35 bits per heavy atom. The summed E-state index contributed by atoms with van der Waals surface area (Å²) in [5.41, 5.74) is 3.45. The van der Waals surface area contributed by atoms with Gasteiger partial charge in [-0.05, 0) is 58.5 Å². The zero-order valence-electron chi connectivity index (χ0n) is 12.8. The van der Waals surface area contributed by atoms with Crippen LogP contribution in [-0.2, 0) is 15.6 Å². The minimum Gasteiger partial charge on any atom is -0.281 e. The number of hydrogen-bond donors (Lipinski definition) is 0. The maximum atomic E-state index is 10.8.